The van der Waals surface area contributed by atoms with Crippen molar-refractivity contribution in [1.29, 1.82) is 0 Å². The molecule has 0 spiro atoms. The lowest BCUT2D eigenvalue weighted by molar-refractivity contribution is 0.0735. The van der Waals surface area contributed by atoms with E-state index in [1.54, 1.807) is 0 Å². The Kier molecular flexibility index (Phi) is 5.22. The molecular weight excluding hydrogens is 226 g/mol. The van der Waals surface area contributed by atoms with Crippen molar-refractivity contribution < 1.29 is 18.3 Å². The van der Waals surface area contributed by atoms with Crippen molar-refractivity contribution in [3.8, 4) is 0 Å². The van der Waals surface area contributed by atoms with Crippen LogP contribution in [-0.4, -0.2) is 19.0 Å². The number of rotatable bonds is 6. The summed E-state index contributed by atoms with van der Waals surface area (Å²) in [6.07, 6.45) is 0.846. The zero-order valence-electron chi connectivity index (χ0n) is 10.0. The number of halogens is 2. The van der Waals surface area contributed by atoms with Crippen LogP contribution in [0.5, 0.6) is 0 Å². The number of hydrogen-bond donors (Lipinski definition) is 0. The van der Waals surface area contributed by atoms with Crippen LogP contribution in [0.15, 0.2) is 18.2 Å². The van der Waals surface area contributed by atoms with Crippen LogP contribution in [0.3, 0.4) is 0 Å². The molecule has 0 bridgehead atoms. The van der Waals surface area contributed by atoms with Gasteiger partial charge in [0, 0.05) is 12.7 Å². The highest BCUT2D eigenvalue weighted by Crippen LogP contribution is 2.10. The van der Waals surface area contributed by atoms with Gasteiger partial charge in [-0.1, -0.05) is 13.8 Å². The molecule has 1 aromatic carbocycles. The molecule has 0 saturated heterocycles. The third kappa shape index (κ3) is 4.61. The predicted octanol–water partition coefficient (Wildman–Crippen LogP) is 3.21. The first-order valence-electron chi connectivity index (χ1n) is 5.56. The van der Waals surface area contributed by atoms with Crippen LogP contribution in [-0.2, 0) is 4.74 Å². The van der Waals surface area contributed by atoms with Crippen molar-refractivity contribution in [2.24, 2.45) is 5.92 Å². The molecule has 1 aromatic rings. The monoisotopic (exact) mass is 242 g/mol. The predicted molar refractivity (Wildman–Crippen MR) is 61.0 cm³/mol. The summed E-state index contributed by atoms with van der Waals surface area (Å²) in [5.74, 6) is -1.51. The van der Waals surface area contributed by atoms with Crippen molar-refractivity contribution in [1.82, 2.24) is 0 Å². The van der Waals surface area contributed by atoms with Crippen LogP contribution in [0.2, 0.25) is 0 Å². The van der Waals surface area contributed by atoms with Crippen LogP contribution in [0.25, 0.3) is 0 Å². The molecule has 0 fully saturated rings. The smallest absolute Gasteiger partial charge is 0.191 e. The van der Waals surface area contributed by atoms with Crippen LogP contribution in [0.4, 0.5) is 8.78 Å². The number of carbonyl (C=O) groups is 1. The van der Waals surface area contributed by atoms with Gasteiger partial charge in [-0.15, -0.1) is 0 Å². The average molecular weight is 242 g/mol. The Hall–Kier alpha value is -1.29. The van der Waals surface area contributed by atoms with Crippen molar-refractivity contribution in [2.75, 3.05) is 13.2 Å². The summed E-state index contributed by atoms with van der Waals surface area (Å²) in [6, 6.07) is 2.89. The van der Waals surface area contributed by atoms with Crippen molar-refractivity contribution in [2.45, 2.75) is 20.3 Å². The average Bonchev–Trinajstić information content (AvgIpc) is 2.23. The Morgan fingerprint density at radius 2 is 2.06 bits per heavy atom. The fourth-order valence-corrected chi connectivity index (χ4v) is 1.28. The van der Waals surface area contributed by atoms with E-state index in [-0.39, 0.29) is 12.2 Å². The second kappa shape index (κ2) is 6.45. The maximum atomic E-state index is 13.2. The summed E-state index contributed by atoms with van der Waals surface area (Å²) < 4.78 is 31.0. The SMILES string of the molecule is CC(C)CCOCC(=O)c1ccc(F)cc1F. The van der Waals surface area contributed by atoms with Crippen LogP contribution in [0, 0.1) is 17.6 Å². The van der Waals surface area contributed by atoms with Gasteiger partial charge in [-0.3, -0.25) is 4.79 Å². The van der Waals surface area contributed by atoms with E-state index >= 15 is 0 Å². The summed E-state index contributed by atoms with van der Waals surface area (Å²) in [5, 5.41) is 0. The molecular formula is C13H16F2O2. The molecule has 0 atom stereocenters. The van der Waals surface area contributed by atoms with Crippen LogP contribution in [0.1, 0.15) is 30.6 Å². The molecule has 4 heteroatoms. The van der Waals surface area contributed by atoms with E-state index in [4.69, 9.17) is 4.74 Å². The molecule has 17 heavy (non-hydrogen) atoms. The second-order valence-electron chi connectivity index (χ2n) is 4.28. The molecule has 2 nitrogen and oxygen atoms in total. The molecule has 0 N–H and O–H groups in total. The minimum absolute atomic E-state index is 0.129. The van der Waals surface area contributed by atoms with Crippen molar-refractivity contribution >= 4 is 5.78 Å². The minimum atomic E-state index is -0.845. The lowest BCUT2D eigenvalue weighted by Crippen LogP contribution is -2.12. The maximum Gasteiger partial charge on any atom is 0.191 e. The van der Waals surface area contributed by atoms with Crippen LogP contribution >= 0.6 is 0 Å². The number of benzene rings is 1. The van der Waals surface area contributed by atoms with Gasteiger partial charge < -0.3 is 4.74 Å². The molecule has 1 rings (SSSR count). The van der Waals surface area contributed by atoms with E-state index < -0.39 is 17.4 Å². The summed E-state index contributed by atoms with van der Waals surface area (Å²) in [5.41, 5.74) is -0.129. The van der Waals surface area contributed by atoms with Gasteiger partial charge in [0.15, 0.2) is 5.78 Å². The van der Waals surface area contributed by atoms with E-state index in [9.17, 15) is 13.6 Å². The summed E-state index contributed by atoms with van der Waals surface area (Å²) in [6.45, 7) is 4.39. The fourth-order valence-electron chi connectivity index (χ4n) is 1.28. The van der Waals surface area contributed by atoms with Gasteiger partial charge in [-0.25, -0.2) is 8.78 Å². The van der Waals surface area contributed by atoms with E-state index in [0.29, 0.717) is 18.6 Å². The highest BCUT2D eigenvalue weighted by molar-refractivity contribution is 5.97. The Morgan fingerprint density at radius 3 is 2.65 bits per heavy atom. The fraction of sp³-hybridized carbons (Fsp3) is 0.462. The Balaban J connectivity index is 2.47. The van der Waals surface area contributed by atoms with Crippen molar-refractivity contribution in [3.63, 3.8) is 0 Å². The molecule has 94 valence electrons. The first-order valence-corrected chi connectivity index (χ1v) is 5.56. The van der Waals surface area contributed by atoms with E-state index in [2.05, 4.69) is 0 Å². The zero-order chi connectivity index (χ0) is 12.8. The molecule has 0 unspecified atom stereocenters. The normalized spacial score (nSPS) is 10.9. The second-order valence-corrected chi connectivity index (χ2v) is 4.28. The van der Waals surface area contributed by atoms with Gasteiger partial charge >= 0.3 is 0 Å². The van der Waals surface area contributed by atoms with Crippen molar-refractivity contribution in [3.05, 3.63) is 35.4 Å². The van der Waals surface area contributed by atoms with E-state index in [1.165, 1.54) is 0 Å². The van der Waals surface area contributed by atoms with E-state index in [0.717, 1.165) is 18.6 Å². The third-order valence-corrected chi connectivity index (χ3v) is 2.30. The number of carbonyl (C=O) groups excluding carboxylic acids is 1. The lowest BCUT2D eigenvalue weighted by atomic mass is 10.1. The van der Waals surface area contributed by atoms with Gasteiger partial charge in [0.25, 0.3) is 0 Å². The molecule has 0 aliphatic rings. The lowest BCUT2D eigenvalue weighted by Gasteiger charge is -2.06. The molecule has 0 amide bonds. The van der Waals surface area contributed by atoms with Gasteiger partial charge in [-0.2, -0.15) is 0 Å². The summed E-state index contributed by atoms with van der Waals surface area (Å²) >= 11 is 0. The third-order valence-electron chi connectivity index (χ3n) is 2.30. The number of hydrogen-bond acceptors (Lipinski definition) is 2. The Bertz CT molecular complexity index is 389. The van der Waals surface area contributed by atoms with Gasteiger partial charge in [0.05, 0.1) is 5.56 Å². The van der Waals surface area contributed by atoms with Gasteiger partial charge in [0.2, 0.25) is 0 Å². The van der Waals surface area contributed by atoms with Crippen LogP contribution < -0.4 is 0 Å². The molecule has 0 aliphatic heterocycles. The topological polar surface area (TPSA) is 26.3 Å². The minimum Gasteiger partial charge on any atom is -0.373 e. The standard InChI is InChI=1S/C13H16F2O2/c1-9(2)5-6-17-8-13(16)11-4-3-10(14)7-12(11)15/h3-4,7,9H,5-6,8H2,1-2H3. The Morgan fingerprint density at radius 1 is 1.35 bits per heavy atom. The molecule has 0 heterocycles. The van der Waals surface area contributed by atoms with Gasteiger partial charge in [0.1, 0.15) is 18.2 Å². The highest BCUT2D eigenvalue weighted by Gasteiger charge is 2.12. The highest BCUT2D eigenvalue weighted by atomic mass is 19.1. The molecule has 0 aliphatic carbocycles. The molecule has 0 aromatic heterocycles. The zero-order valence-corrected chi connectivity index (χ0v) is 10.0. The van der Waals surface area contributed by atoms with Gasteiger partial charge in [-0.05, 0) is 24.5 Å². The largest absolute Gasteiger partial charge is 0.373 e. The number of ketones is 1. The maximum absolute atomic E-state index is 13.2. The molecule has 0 radical (unpaired) electrons. The van der Waals surface area contributed by atoms with E-state index in [1.807, 2.05) is 13.8 Å². The first kappa shape index (κ1) is 13.8. The number of ether oxygens (including phenoxy) is 1. The molecule has 0 saturated carbocycles. The quantitative estimate of drug-likeness (QED) is 0.565. The Labute approximate surface area is 99.6 Å². The number of Topliss-reactive ketones (excluding diaryl/α,β-unsaturated/α-hetero) is 1. The first-order chi connectivity index (χ1) is 8.00. The summed E-state index contributed by atoms with van der Waals surface area (Å²) in [4.78, 5) is 11.5. The summed E-state index contributed by atoms with van der Waals surface area (Å²) in [7, 11) is 0.